The third-order valence-electron chi connectivity index (χ3n) is 2.33. The van der Waals surface area contributed by atoms with Crippen LogP contribution >= 0.6 is 0 Å². The number of nitrogens with zero attached hydrogens (tertiary/aromatic N) is 3. The highest BCUT2D eigenvalue weighted by atomic mass is 16.5. The fourth-order valence-corrected chi connectivity index (χ4v) is 1.60. The molecule has 1 saturated heterocycles. The number of rotatable bonds is 3. The van der Waals surface area contributed by atoms with E-state index >= 15 is 0 Å². The van der Waals surface area contributed by atoms with Crippen LogP contribution in [0.15, 0.2) is 10.9 Å². The van der Waals surface area contributed by atoms with Gasteiger partial charge in [-0.15, -0.1) is 0 Å². The SMILES string of the molecule is O=C(O)C1CCC(=O)N1Cc1ncon1. The Morgan fingerprint density at radius 3 is 3.13 bits per heavy atom. The van der Waals surface area contributed by atoms with Crippen molar-refractivity contribution in [3.05, 3.63) is 12.2 Å². The Hall–Kier alpha value is -1.92. The van der Waals surface area contributed by atoms with Crippen molar-refractivity contribution in [2.75, 3.05) is 0 Å². The van der Waals surface area contributed by atoms with Gasteiger partial charge in [0.25, 0.3) is 0 Å². The molecule has 0 bridgehead atoms. The molecule has 7 nitrogen and oxygen atoms in total. The number of hydrogen-bond donors (Lipinski definition) is 1. The number of amides is 1. The first-order valence-electron chi connectivity index (χ1n) is 4.46. The van der Waals surface area contributed by atoms with Crippen LogP contribution < -0.4 is 0 Å². The fourth-order valence-electron chi connectivity index (χ4n) is 1.60. The van der Waals surface area contributed by atoms with Crippen LogP contribution in [-0.4, -0.2) is 38.1 Å². The van der Waals surface area contributed by atoms with Crippen LogP contribution in [0.2, 0.25) is 0 Å². The number of likely N-dealkylation sites (tertiary alicyclic amines) is 1. The number of carbonyl (C=O) groups is 2. The van der Waals surface area contributed by atoms with Crippen LogP contribution in [0.1, 0.15) is 18.7 Å². The number of aromatic nitrogens is 2. The lowest BCUT2D eigenvalue weighted by atomic mass is 10.2. The zero-order chi connectivity index (χ0) is 10.8. The van der Waals surface area contributed by atoms with Gasteiger partial charge in [0, 0.05) is 6.42 Å². The molecule has 1 aliphatic rings. The predicted molar refractivity (Wildman–Crippen MR) is 45.5 cm³/mol. The third-order valence-corrected chi connectivity index (χ3v) is 2.33. The molecule has 0 aliphatic carbocycles. The molecule has 80 valence electrons. The molecule has 0 aromatic carbocycles. The van der Waals surface area contributed by atoms with Gasteiger partial charge in [0.15, 0.2) is 5.82 Å². The molecule has 1 aromatic heterocycles. The lowest BCUT2D eigenvalue weighted by Gasteiger charge is -2.19. The van der Waals surface area contributed by atoms with Gasteiger partial charge in [-0.3, -0.25) is 4.79 Å². The molecule has 1 unspecified atom stereocenters. The minimum absolute atomic E-state index is 0.0896. The molecular weight excluding hydrogens is 202 g/mol. The van der Waals surface area contributed by atoms with Crippen LogP contribution in [0.3, 0.4) is 0 Å². The number of carboxylic acids is 1. The van der Waals surface area contributed by atoms with Crippen LogP contribution in [0.5, 0.6) is 0 Å². The van der Waals surface area contributed by atoms with Gasteiger partial charge in [-0.25, -0.2) is 4.79 Å². The average molecular weight is 211 g/mol. The number of hydrogen-bond acceptors (Lipinski definition) is 5. The van der Waals surface area contributed by atoms with Crippen molar-refractivity contribution >= 4 is 11.9 Å². The first-order chi connectivity index (χ1) is 7.18. The Morgan fingerprint density at radius 1 is 1.73 bits per heavy atom. The maximum atomic E-state index is 11.4. The molecule has 1 amide bonds. The molecule has 0 spiro atoms. The molecule has 1 fully saturated rings. The van der Waals surface area contributed by atoms with Gasteiger partial charge < -0.3 is 14.5 Å². The van der Waals surface area contributed by atoms with Crippen molar-refractivity contribution in [2.45, 2.75) is 25.4 Å². The van der Waals surface area contributed by atoms with E-state index in [1.165, 1.54) is 4.90 Å². The lowest BCUT2D eigenvalue weighted by Crippen LogP contribution is -2.38. The van der Waals surface area contributed by atoms with E-state index in [4.69, 9.17) is 5.11 Å². The molecule has 15 heavy (non-hydrogen) atoms. The van der Waals surface area contributed by atoms with E-state index in [1.807, 2.05) is 0 Å². The minimum atomic E-state index is -0.996. The second-order valence-electron chi connectivity index (χ2n) is 3.26. The molecule has 0 saturated carbocycles. The maximum Gasteiger partial charge on any atom is 0.326 e. The highest BCUT2D eigenvalue weighted by Crippen LogP contribution is 2.20. The smallest absolute Gasteiger partial charge is 0.326 e. The Kier molecular flexibility index (Phi) is 2.36. The summed E-state index contributed by atoms with van der Waals surface area (Å²) in [5.74, 6) is -0.868. The molecular formula is C8H9N3O4. The largest absolute Gasteiger partial charge is 0.480 e. The van der Waals surface area contributed by atoms with E-state index in [0.29, 0.717) is 12.2 Å². The van der Waals surface area contributed by atoms with Gasteiger partial charge in [-0.05, 0) is 6.42 Å². The molecule has 2 rings (SSSR count). The van der Waals surface area contributed by atoms with E-state index in [9.17, 15) is 9.59 Å². The Labute approximate surface area is 84.7 Å². The summed E-state index contributed by atoms with van der Waals surface area (Å²) in [4.78, 5) is 27.2. The molecule has 7 heteroatoms. The van der Waals surface area contributed by atoms with Crippen LogP contribution in [0.4, 0.5) is 0 Å². The van der Waals surface area contributed by atoms with Gasteiger partial charge in [-0.1, -0.05) is 5.16 Å². The van der Waals surface area contributed by atoms with E-state index in [2.05, 4.69) is 14.7 Å². The van der Waals surface area contributed by atoms with Crippen molar-refractivity contribution < 1.29 is 19.2 Å². The second kappa shape index (κ2) is 3.68. The van der Waals surface area contributed by atoms with Gasteiger partial charge in [-0.2, -0.15) is 4.98 Å². The number of carbonyl (C=O) groups excluding carboxylic acids is 1. The summed E-state index contributed by atoms with van der Waals surface area (Å²) in [7, 11) is 0. The summed E-state index contributed by atoms with van der Waals surface area (Å²) < 4.78 is 4.51. The summed E-state index contributed by atoms with van der Waals surface area (Å²) >= 11 is 0. The summed E-state index contributed by atoms with van der Waals surface area (Å²) in [6.45, 7) is 0.0896. The molecule has 1 atom stereocenters. The Bertz CT molecular complexity index is 375. The molecule has 0 radical (unpaired) electrons. The zero-order valence-corrected chi connectivity index (χ0v) is 7.79. The first kappa shape index (κ1) is 9.63. The van der Waals surface area contributed by atoms with Gasteiger partial charge in [0.2, 0.25) is 12.3 Å². The maximum absolute atomic E-state index is 11.4. The fraction of sp³-hybridized carbons (Fsp3) is 0.500. The Morgan fingerprint density at radius 2 is 2.53 bits per heavy atom. The second-order valence-corrected chi connectivity index (χ2v) is 3.26. The van der Waals surface area contributed by atoms with Crippen LogP contribution in [-0.2, 0) is 16.1 Å². The summed E-state index contributed by atoms with van der Waals surface area (Å²) in [5, 5.41) is 12.4. The lowest BCUT2D eigenvalue weighted by molar-refractivity contribution is -0.146. The van der Waals surface area contributed by atoms with Crippen molar-refractivity contribution in [2.24, 2.45) is 0 Å². The number of carboxylic acid groups (broad SMARTS) is 1. The Balaban J connectivity index is 2.11. The first-order valence-corrected chi connectivity index (χ1v) is 4.46. The van der Waals surface area contributed by atoms with Crippen molar-refractivity contribution in [1.29, 1.82) is 0 Å². The van der Waals surface area contributed by atoms with Gasteiger partial charge in [0.1, 0.15) is 6.04 Å². The van der Waals surface area contributed by atoms with E-state index in [-0.39, 0.29) is 18.9 Å². The highest BCUT2D eigenvalue weighted by Gasteiger charge is 2.36. The summed E-state index contributed by atoms with van der Waals surface area (Å²) in [6.07, 6.45) is 1.74. The summed E-state index contributed by atoms with van der Waals surface area (Å²) in [5.41, 5.74) is 0. The monoisotopic (exact) mass is 211 g/mol. The quantitative estimate of drug-likeness (QED) is 0.733. The van der Waals surface area contributed by atoms with Crippen molar-refractivity contribution in [1.82, 2.24) is 15.0 Å². The highest BCUT2D eigenvalue weighted by molar-refractivity contribution is 5.87. The van der Waals surface area contributed by atoms with E-state index in [0.717, 1.165) is 6.39 Å². The molecule has 1 aromatic rings. The molecule has 2 heterocycles. The third kappa shape index (κ3) is 1.80. The normalized spacial score (nSPS) is 20.9. The zero-order valence-electron chi connectivity index (χ0n) is 7.79. The summed E-state index contributed by atoms with van der Waals surface area (Å²) in [6, 6.07) is -0.768. The predicted octanol–water partition coefficient (Wildman–Crippen LogP) is -0.355. The van der Waals surface area contributed by atoms with Crippen LogP contribution in [0, 0.1) is 0 Å². The topological polar surface area (TPSA) is 96.5 Å². The van der Waals surface area contributed by atoms with Crippen LogP contribution in [0.25, 0.3) is 0 Å². The van der Waals surface area contributed by atoms with E-state index < -0.39 is 12.0 Å². The van der Waals surface area contributed by atoms with E-state index in [1.54, 1.807) is 0 Å². The average Bonchev–Trinajstić information content (AvgIpc) is 2.78. The molecule has 1 N–H and O–H groups in total. The van der Waals surface area contributed by atoms with Gasteiger partial charge in [0.05, 0.1) is 6.54 Å². The minimum Gasteiger partial charge on any atom is -0.480 e. The van der Waals surface area contributed by atoms with Crippen molar-refractivity contribution in [3.63, 3.8) is 0 Å². The molecule has 1 aliphatic heterocycles. The van der Waals surface area contributed by atoms with Crippen molar-refractivity contribution in [3.8, 4) is 0 Å². The van der Waals surface area contributed by atoms with Gasteiger partial charge >= 0.3 is 5.97 Å². The standard InChI is InChI=1S/C8H9N3O4/c12-7-2-1-5(8(13)14)11(7)3-6-9-4-15-10-6/h4-5H,1-3H2,(H,13,14). The number of aliphatic carboxylic acids is 1.